The molecule has 0 aliphatic carbocycles. The van der Waals surface area contributed by atoms with Gasteiger partial charge in [0.25, 0.3) is 0 Å². The Morgan fingerprint density at radius 2 is 2.25 bits per heavy atom. The average molecular weight is 173 g/mol. The first-order valence-electron chi connectivity index (χ1n) is 4.57. The van der Waals surface area contributed by atoms with E-state index in [0.717, 1.165) is 25.8 Å². The van der Waals surface area contributed by atoms with E-state index in [9.17, 15) is 4.79 Å². The molecule has 0 radical (unpaired) electrons. The predicted molar refractivity (Wildman–Crippen MR) is 49.2 cm³/mol. The van der Waals surface area contributed by atoms with Gasteiger partial charge in [0, 0.05) is 6.42 Å². The second-order valence-corrected chi connectivity index (χ2v) is 3.16. The molecule has 0 spiro atoms. The Bertz CT molecular complexity index is 126. The van der Waals surface area contributed by atoms with Gasteiger partial charge in [-0.05, 0) is 25.9 Å². The topological polar surface area (TPSA) is 49.3 Å². The molecule has 1 atom stereocenters. The van der Waals surface area contributed by atoms with Crippen molar-refractivity contribution in [1.29, 1.82) is 0 Å². The molecule has 12 heavy (non-hydrogen) atoms. The van der Waals surface area contributed by atoms with Gasteiger partial charge in [0.2, 0.25) is 0 Å². The van der Waals surface area contributed by atoms with Gasteiger partial charge >= 0.3 is 5.97 Å². The summed E-state index contributed by atoms with van der Waals surface area (Å²) in [5.74, 6) is -0.390. The van der Waals surface area contributed by atoms with Crippen LogP contribution < -0.4 is 5.32 Å². The summed E-state index contributed by atoms with van der Waals surface area (Å²) >= 11 is 0. The zero-order valence-electron chi connectivity index (χ0n) is 7.97. The van der Waals surface area contributed by atoms with Crippen molar-refractivity contribution < 1.29 is 9.90 Å². The predicted octanol–water partition coefficient (Wildman–Crippen LogP) is 1.49. The van der Waals surface area contributed by atoms with Crippen LogP contribution in [0.4, 0.5) is 0 Å². The Morgan fingerprint density at radius 1 is 1.58 bits per heavy atom. The first-order valence-corrected chi connectivity index (χ1v) is 4.57. The summed E-state index contributed by atoms with van der Waals surface area (Å²) in [5.41, 5.74) is 0. The van der Waals surface area contributed by atoms with Crippen molar-refractivity contribution in [2.45, 2.75) is 32.6 Å². The number of carboxylic acids is 1. The highest BCUT2D eigenvalue weighted by molar-refractivity contribution is 5.67. The van der Waals surface area contributed by atoms with Gasteiger partial charge in [0.15, 0.2) is 0 Å². The van der Waals surface area contributed by atoms with E-state index in [4.69, 9.17) is 5.11 Å². The van der Waals surface area contributed by atoms with E-state index < -0.39 is 5.97 Å². The van der Waals surface area contributed by atoms with E-state index in [1.54, 1.807) is 0 Å². The largest absolute Gasteiger partial charge is 0.481 e. The van der Waals surface area contributed by atoms with Crippen LogP contribution in [0.25, 0.3) is 0 Å². The van der Waals surface area contributed by atoms with E-state index in [1.807, 2.05) is 7.05 Å². The third kappa shape index (κ3) is 6.16. The third-order valence-electron chi connectivity index (χ3n) is 1.92. The van der Waals surface area contributed by atoms with Gasteiger partial charge in [-0.1, -0.05) is 19.8 Å². The lowest BCUT2D eigenvalue weighted by molar-refractivity contribution is -0.138. The van der Waals surface area contributed by atoms with Gasteiger partial charge in [-0.15, -0.1) is 0 Å². The Balaban J connectivity index is 3.61. The second-order valence-electron chi connectivity index (χ2n) is 3.16. The molecule has 0 aromatic heterocycles. The highest BCUT2D eigenvalue weighted by Crippen LogP contribution is 2.11. The average Bonchev–Trinajstić information content (AvgIpc) is 2.00. The van der Waals surface area contributed by atoms with E-state index in [0.29, 0.717) is 12.3 Å². The van der Waals surface area contributed by atoms with Crippen molar-refractivity contribution in [3.05, 3.63) is 0 Å². The van der Waals surface area contributed by atoms with Gasteiger partial charge in [0.05, 0.1) is 0 Å². The Labute approximate surface area is 74.2 Å². The number of unbranched alkanes of at least 4 members (excludes halogenated alkanes) is 1. The van der Waals surface area contributed by atoms with Crippen LogP contribution in [-0.2, 0) is 4.79 Å². The molecule has 0 aromatic carbocycles. The van der Waals surface area contributed by atoms with Gasteiger partial charge in [0.1, 0.15) is 0 Å². The minimum Gasteiger partial charge on any atom is -0.481 e. The van der Waals surface area contributed by atoms with Crippen LogP contribution in [0.2, 0.25) is 0 Å². The monoisotopic (exact) mass is 173 g/mol. The number of hydrogen-bond acceptors (Lipinski definition) is 2. The Kier molecular flexibility index (Phi) is 6.76. The van der Waals surface area contributed by atoms with Gasteiger partial charge < -0.3 is 10.4 Å². The van der Waals surface area contributed by atoms with Crippen molar-refractivity contribution in [2.75, 3.05) is 13.6 Å². The van der Waals surface area contributed by atoms with Crippen LogP contribution in [0.3, 0.4) is 0 Å². The van der Waals surface area contributed by atoms with Gasteiger partial charge in [-0.2, -0.15) is 0 Å². The molecule has 0 fully saturated rings. The molecule has 3 nitrogen and oxygen atoms in total. The number of carboxylic acid groups (broad SMARTS) is 1. The fourth-order valence-electron chi connectivity index (χ4n) is 1.30. The summed E-state index contributed by atoms with van der Waals surface area (Å²) < 4.78 is 0. The maximum Gasteiger partial charge on any atom is 0.303 e. The first-order chi connectivity index (χ1) is 5.70. The molecule has 1 unspecified atom stereocenters. The van der Waals surface area contributed by atoms with Crippen molar-refractivity contribution in [1.82, 2.24) is 5.32 Å². The zero-order chi connectivity index (χ0) is 9.40. The quantitative estimate of drug-likeness (QED) is 0.613. The number of carbonyl (C=O) groups is 1. The van der Waals surface area contributed by atoms with E-state index in [2.05, 4.69) is 12.2 Å². The maximum absolute atomic E-state index is 10.4. The Morgan fingerprint density at radius 3 is 2.67 bits per heavy atom. The summed E-state index contributed by atoms with van der Waals surface area (Å²) in [6, 6.07) is 0. The smallest absolute Gasteiger partial charge is 0.303 e. The first kappa shape index (κ1) is 11.4. The van der Waals surface area contributed by atoms with Gasteiger partial charge in [-0.3, -0.25) is 4.79 Å². The molecular weight excluding hydrogens is 154 g/mol. The summed E-state index contributed by atoms with van der Waals surface area (Å²) in [6.45, 7) is 2.93. The lowest BCUT2D eigenvalue weighted by atomic mass is 9.99. The molecule has 0 aromatic rings. The molecule has 0 amide bonds. The third-order valence-corrected chi connectivity index (χ3v) is 1.92. The fraction of sp³-hybridized carbons (Fsp3) is 0.889. The molecule has 0 saturated carbocycles. The van der Waals surface area contributed by atoms with E-state index in [-0.39, 0.29) is 0 Å². The molecular formula is C9H19NO2. The molecule has 0 rings (SSSR count). The Hall–Kier alpha value is -0.570. The van der Waals surface area contributed by atoms with Crippen LogP contribution in [0.15, 0.2) is 0 Å². The summed E-state index contributed by atoms with van der Waals surface area (Å²) in [4.78, 5) is 10.4. The number of rotatable bonds is 7. The summed E-state index contributed by atoms with van der Waals surface area (Å²) in [7, 11) is 1.86. The normalized spacial score (nSPS) is 12.8. The number of hydrogen-bond donors (Lipinski definition) is 2. The standard InChI is InChI=1S/C9H19NO2/c1-3-4-5-8(7-10-2)6-9(11)12/h8,10H,3-7H2,1-2H3,(H,11,12). The van der Waals surface area contributed by atoms with Crippen molar-refractivity contribution in [3.63, 3.8) is 0 Å². The fourth-order valence-corrected chi connectivity index (χ4v) is 1.30. The zero-order valence-corrected chi connectivity index (χ0v) is 7.97. The second kappa shape index (κ2) is 7.10. The minimum absolute atomic E-state index is 0.292. The highest BCUT2D eigenvalue weighted by Gasteiger charge is 2.10. The number of aliphatic carboxylic acids is 1. The summed E-state index contributed by atoms with van der Waals surface area (Å²) in [6.07, 6.45) is 3.57. The van der Waals surface area contributed by atoms with Crippen LogP contribution in [0.1, 0.15) is 32.6 Å². The van der Waals surface area contributed by atoms with E-state index >= 15 is 0 Å². The van der Waals surface area contributed by atoms with Crippen LogP contribution in [0, 0.1) is 5.92 Å². The highest BCUT2D eigenvalue weighted by atomic mass is 16.4. The van der Waals surface area contributed by atoms with Crippen LogP contribution in [0.5, 0.6) is 0 Å². The van der Waals surface area contributed by atoms with Crippen LogP contribution >= 0.6 is 0 Å². The molecule has 0 aliphatic rings. The molecule has 2 N–H and O–H groups in total. The maximum atomic E-state index is 10.4. The molecule has 72 valence electrons. The van der Waals surface area contributed by atoms with Crippen molar-refractivity contribution in [3.8, 4) is 0 Å². The van der Waals surface area contributed by atoms with Crippen molar-refractivity contribution in [2.24, 2.45) is 5.92 Å². The SMILES string of the molecule is CCCCC(CNC)CC(=O)O. The number of nitrogens with one attached hydrogen (secondary N) is 1. The lowest BCUT2D eigenvalue weighted by Gasteiger charge is -2.12. The summed E-state index contributed by atoms with van der Waals surface area (Å²) in [5, 5.41) is 11.6. The molecule has 0 heterocycles. The van der Waals surface area contributed by atoms with Gasteiger partial charge in [-0.25, -0.2) is 0 Å². The molecule has 0 bridgehead atoms. The molecule has 0 aliphatic heterocycles. The molecule has 3 heteroatoms. The van der Waals surface area contributed by atoms with E-state index in [1.165, 1.54) is 0 Å². The molecule has 0 saturated heterocycles. The van der Waals surface area contributed by atoms with Crippen molar-refractivity contribution >= 4 is 5.97 Å². The lowest BCUT2D eigenvalue weighted by Crippen LogP contribution is -2.21. The minimum atomic E-state index is -0.689. The van der Waals surface area contributed by atoms with Crippen LogP contribution in [-0.4, -0.2) is 24.7 Å².